The van der Waals surface area contributed by atoms with E-state index in [0.717, 1.165) is 32.7 Å². The van der Waals surface area contributed by atoms with Crippen molar-refractivity contribution in [3.05, 3.63) is 82.9 Å². The van der Waals surface area contributed by atoms with Gasteiger partial charge in [-0.2, -0.15) is 0 Å². The number of thioether (sulfide) groups is 2. The highest BCUT2D eigenvalue weighted by Gasteiger charge is 2.09. The average molecular weight is 381 g/mol. The first-order valence-electron chi connectivity index (χ1n) is 8.58. The highest BCUT2D eigenvalue weighted by molar-refractivity contribution is 7.99. The van der Waals surface area contributed by atoms with Crippen molar-refractivity contribution in [3.8, 4) is 0 Å². The minimum Gasteiger partial charge on any atom is -0.398 e. The molecule has 0 aliphatic heterocycles. The molecule has 134 valence electrons. The van der Waals surface area contributed by atoms with Gasteiger partial charge in [-0.1, -0.05) is 36.4 Å². The minimum absolute atomic E-state index is 0.842. The van der Waals surface area contributed by atoms with Crippen molar-refractivity contribution in [1.82, 2.24) is 0 Å². The van der Waals surface area contributed by atoms with Crippen molar-refractivity contribution in [1.29, 1.82) is 0 Å². The largest absolute Gasteiger partial charge is 0.398 e. The number of benzene rings is 3. The molecule has 26 heavy (non-hydrogen) atoms. The van der Waals surface area contributed by atoms with Gasteiger partial charge in [-0.25, -0.2) is 0 Å². The summed E-state index contributed by atoms with van der Waals surface area (Å²) >= 11 is 3.59. The fourth-order valence-electron chi connectivity index (χ4n) is 2.74. The van der Waals surface area contributed by atoms with Crippen molar-refractivity contribution in [2.45, 2.75) is 35.1 Å². The van der Waals surface area contributed by atoms with Gasteiger partial charge in [-0.3, -0.25) is 0 Å². The third-order valence-corrected chi connectivity index (χ3v) is 6.70. The summed E-state index contributed by atoms with van der Waals surface area (Å²) in [6.07, 6.45) is 0. The molecule has 0 atom stereocenters. The molecule has 0 radical (unpaired) electrons. The number of anilines is 2. The highest BCUT2D eigenvalue weighted by Crippen LogP contribution is 2.33. The summed E-state index contributed by atoms with van der Waals surface area (Å²) < 4.78 is 0. The Morgan fingerprint density at radius 3 is 1.42 bits per heavy atom. The summed E-state index contributed by atoms with van der Waals surface area (Å²) in [5.74, 6) is 1.82. The van der Waals surface area contributed by atoms with E-state index in [1.54, 1.807) is 23.5 Å². The van der Waals surface area contributed by atoms with E-state index in [1.807, 2.05) is 36.4 Å². The molecule has 0 fully saturated rings. The van der Waals surface area contributed by atoms with Crippen LogP contribution < -0.4 is 11.5 Å². The molecule has 3 aromatic carbocycles. The Bertz CT molecular complexity index is 832. The zero-order valence-corrected chi connectivity index (χ0v) is 16.8. The van der Waals surface area contributed by atoms with Gasteiger partial charge >= 0.3 is 0 Å². The lowest BCUT2D eigenvalue weighted by Crippen LogP contribution is -1.96. The second-order valence-corrected chi connectivity index (χ2v) is 8.39. The van der Waals surface area contributed by atoms with Crippen molar-refractivity contribution < 1.29 is 0 Å². The number of rotatable bonds is 6. The zero-order chi connectivity index (χ0) is 18.5. The predicted octanol–water partition coefficient (Wildman–Crippen LogP) is 6.05. The van der Waals surface area contributed by atoms with Crippen LogP contribution >= 0.6 is 23.5 Å². The second kappa shape index (κ2) is 8.56. The Kier molecular flexibility index (Phi) is 6.17. The van der Waals surface area contributed by atoms with E-state index < -0.39 is 0 Å². The van der Waals surface area contributed by atoms with Crippen molar-refractivity contribution in [2.24, 2.45) is 0 Å². The van der Waals surface area contributed by atoms with E-state index in [1.165, 1.54) is 22.3 Å². The molecule has 2 nitrogen and oxygen atoms in total. The molecule has 0 saturated carbocycles. The smallest absolute Gasteiger partial charge is 0.0452 e. The van der Waals surface area contributed by atoms with Crippen molar-refractivity contribution in [2.75, 3.05) is 11.5 Å². The molecule has 0 saturated heterocycles. The maximum atomic E-state index is 6.09. The maximum absolute atomic E-state index is 6.09. The summed E-state index contributed by atoms with van der Waals surface area (Å²) in [4.78, 5) is 2.27. The molecular weight excluding hydrogens is 356 g/mol. The quantitative estimate of drug-likeness (QED) is 0.403. The SMILES string of the molecule is Cc1cc(CSc2ccccc2N)c(CSc2ccccc2N)cc1C. The number of hydrogen-bond acceptors (Lipinski definition) is 4. The fraction of sp³-hybridized carbons (Fsp3) is 0.182. The highest BCUT2D eigenvalue weighted by atomic mass is 32.2. The molecular formula is C22H24N2S2. The number of nitrogens with two attached hydrogens (primary N) is 2. The summed E-state index contributed by atoms with van der Waals surface area (Å²) in [6.45, 7) is 4.35. The van der Waals surface area contributed by atoms with Crippen LogP contribution in [0.2, 0.25) is 0 Å². The lowest BCUT2D eigenvalue weighted by molar-refractivity contribution is 1.21. The monoisotopic (exact) mass is 380 g/mol. The van der Waals surface area contributed by atoms with E-state index in [2.05, 4.69) is 38.1 Å². The topological polar surface area (TPSA) is 52.0 Å². The summed E-state index contributed by atoms with van der Waals surface area (Å²) in [5, 5.41) is 0. The van der Waals surface area contributed by atoms with Crippen LogP contribution in [-0.4, -0.2) is 0 Å². The maximum Gasteiger partial charge on any atom is 0.0452 e. The van der Waals surface area contributed by atoms with Crippen LogP contribution in [0.4, 0.5) is 11.4 Å². The van der Waals surface area contributed by atoms with Gasteiger partial charge in [0.05, 0.1) is 0 Å². The molecule has 4 N–H and O–H groups in total. The van der Waals surface area contributed by atoms with Crippen LogP contribution in [0, 0.1) is 13.8 Å². The first-order chi connectivity index (χ1) is 12.5. The molecule has 0 amide bonds. The van der Waals surface area contributed by atoms with Crippen LogP contribution in [-0.2, 0) is 11.5 Å². The molecule has 3 aromatic rings. The van der Waals surface area contributed by atoms with Crippen LogP contribution in [0.15, 0.2) is 70.5 Å². The average Bonchev–Trinajstić information content (AvgIpc) is 2.63. The Balaban J connectivity index is 1.79. The number of para-hydroxylation sites is 2. The van der Waals surface area contributed by atoms with E-state index in [0.29, 0.717) is 0 Å². The summed E-state index contributed by atoms with van der Waals surface area (Å²) in [6, 6.07) is 20.7. The Labute approximate surface area is 164 Å². The zero-order valence-electron chi connectivity index (χ0n) is 15.2. The third-order valence-electron chi connectivity index (χ3n) is 4.42. The molecule has 0 heterocycles. The molecule has 0 aliphatic carbocycles. The number of aryl methyl sites for hydroxylation is 2. The summed E-state index contributed by atoms with van der Waals surface area (Å²) in [5.41, 5.74) is 19.2. The van der Waals surface area contributed by atoms with Gasteiger partial charge in [0.1, 0.15) is 0 Å². The normalized spacial score (nSPS) is 10.8. The Hall–Kier alpha value is -2.04. The van der Waals surface area contributed by atoms with Gasteiger partial charge in [-0.05, 0) is 60.4 Å². The first-order valence-corrected chi connectivity index (χ1v) is 10.6. The molecule has 0 aromatic heterocycles. The summed E-state index contributed by atoms with van der Waals surface area (Å²) in [7, 11) is 0. The molecule has 0 unspecified atom stereocenters. The number of hydrogen-bond donors (Lipinski definition) is 2. The van der Waals surface area contributed by atoms with Crippen molar-refractivity contribution >= 4 is 34.9 Å². The van der Waals surface area contributed by atoms with Gasteiger partial charge in [0.15, 0.2) is 0 Å². The van der Waals surface area contributed by atoms with Crippen molar-refractivity contribution in [3.63, 3.8) is 0 Å². The third kappa shape index (κ3) is 4.57. The van der Waals surface area contributed by atoms with E-state index in [-0.39, 0.29) is 0 Å². The molecule has 0 bridgehead atoms. The lowest BCUT2D eigenvalue weighted by atomic mass is 10.0. The standard InChI is InChI=1S/C22H24N2S2/c1-15-11-17(13-25-21-9-5-3-7-19(21)23)18(12-16(15)2)14-26-22-10-6-4-8-20(22)24/h3-12H,13-14,23-24H2,1-2H3. The van der Waals surface area contributed by atoms with Gasteiger partial charge in [0, 0.05) is 32.7 Å². The van der Waals surface area contributed by atoms with E-state index >= 15 is 0 Å². The molecule has 0 aliphatic rings. The van der Waals surface area contributed by atoms with E-state index in [4.69, 9.17) is 11.5 Å². The fourth-order valence-corrected chi connectivity index (χ4v) is 4.72. The van der Waals surface area contributed by atoms with Gasteiger partial charge < -0.3 is 11.5 Å². The van der Waals surface area contributed by atoms with Crippen LogP contribution in [0.3, 0.4) is 0 Å². The van der Waals surface area contributed by atoms with Gasteiger partial charge in [0.2, 0.25) is 0 Å². The Morgan fingerprint density at radius 1 is 0.654 bits per heavy atom. The molecule has 4 heteroatoms. The molecule has 0 spiro atoms. The van der Waals surface area contributed by atoms with Crippen LogP contribution in [0.1, 0.15) is 22.3 Å². The lowest BCUT2D eigenvalue weighted by Gasteiger charge is -2.14. The van der Waals surface area contributed by atoms with Gasteiger partial charge in [0.25, 0.3) is 0 Å². The first kappa shape index (κ1) is 18.7. The van der Waals surface area contributed by atoms with E-state index in [9.17, 15) is 0 Å². The minimum atomic E-state index is 0.842. The predicted molar refractivity (Wildman–Crippen MR) is 117 cm³/mol. The van der Waals surface area contributed by atoms with Crippen LogP contribution in [0.5, 0.6) is 0 Å². The Morgan fingerprint density at radius 2 is 1.04 bits per heavy atom. The van der Waals surface area contributed by atoms with Crippen LogP contribution in [0.25, 0.3) is 0 Å². The van der Waals surface area contributed by atoms with Gasteiger partial charge in [-0.15, -0.1) is 23.5 Å². The second-order valence-electron chi connectivity index (χ2n) is 6.36. The number of nitrogen functional groups attached to an aromatic ring is 2. The molecule has 3 rings (SSSR count).